The van der Waals surface area contributed by atoms with Gasteiger partial charge >= 0.3 is 5.97 Å². The summed E-state index contributed by atoms with van der Waals surface area (Å²) >= 11 is 0. The van der Waals surface area contributed by atoms with Crippen LogP contribution in [0.15, 0.2) is 0 Å². The minimum atomic E-state index is -0.717. The first-order valence-corrected chi connectivity index (χ1v) is 5.43. The van der Waals surface area contributed by atoms with Crippen LogP contribution in [0, 0.1) is 11.3 Å². The molecular formula is C11H21NO2. The van der Waals surface area contributed by atoms with Gasteiger partial charge in [0.25, 0.3) is 0 Å². The van der Waals surface area contributed by atoms with Crippen molar-refractivity contribution in [3.05, 3.63) is 0 Å². The maximum atomic E-state index is 10.8. The summed E-state index contributed by atoms with van der Waals surface area (Å²) in [5.41, 5.74) is 0.433. The Balaban J connectivity index is 2.24. The minimum absolute atomic E-state index is 0.351. The SMILES string of the molecule is CCCC(NCC1CC1(C)C)C(=O)O. The second-order valence-electron chi connectivity index (χ2n) is 4.98. The van der Waals surface area contributed by atoms with Crippen molar-refractivity contribution in [3.63, 3.8) is 0 Å². The molecule has 0 radical (unpaired) electrons. The van der Waals surface area contributed by atoms with Gasteiger partial charge in [0, 0.05) is 0 Å². The molecule has 82 valence electrons. The van der Waals surface area contributed by atoms with Crippen LogP contribution in [0.4, 0.5) is 0 Å². The lowest BCUT2D eigenvalue weighted by Gasteiger charge is -2.13. The van der Waals surface area contributed by atoms with Gasteiger partial charge in [0.2, 0.25) is 0 Å². The van der Waals surface area contributed by atoms with Crippen LogP contribution in [0.25, 0.3) is 0 Å². The van der Waals surface area contributed by atoms with Gasteiger partial charge in [0.05, 0.1) is 0 Å². The van der Waals surface area contributed by atoms with E-state index in [2.05, 4.69) is 19.2 Å². The second-order valence-corrected chi connectivity index (χ2v) is 4.98. The highest BCUT2D eigenvalue weighted by molar-refractivity contribution is 5.73. The van der Waals surface area contributed by atoms with Gasteiger partial charge in [-0.3, -0.25) is 4.79 Å². The Kier molecular flexibility index (Phi) is 3.53. The molecule has 2 unspecified atom stereocenters. The van der Waals surface area contributed by atoms with Crippen LogP contribution >= 0.6 is 0 Å². The Morgan fingerprint density at radius 2 is 2.21 bits per heavy atom. The van der Waals surface area contributed by atoms with Crippen LogP contribution in [0.2, 0.25) is 0 Å². The Morgan fingerprint density at radius 1 is 1.64 bits per heavy atom. The zero-order valence-electron chi connectivity index (χ0n) is 9.34. The van der Waals surface area contributed by atoms with Crippen molar-refractivity contribution in [2.45, 2.75) is 46.1 Å². The molecule has 2 N–H and O–H groups in total. The summed E-state index contributed by atoms with van der Waals surface area (Å²) in [6, 6.07) is -0.351. The monoisotopic (exact) mass is 199 g/mol. The lowest BCUT2D eigenvalue weighted by Crippen LogP contribution is -2.38. The molecule has 0 aliphatic heterocycles. The Morgan fingerprint density at radius 3 is 2.57 bits per heavy atom. The van der Waals surface area contributed by atoms with Crippen LogP contribution in [-0.2, 0) is 4.79 Å². The van der Waals surface area contributed by atoms with Crippen LogP contribution in [-0.4, -0.2) is 23.7 Å². The number of nitrogens with one attached hydrogen (secondary N) is 1. The molecule has 1 rings (SSSR count). The van der Waals surface area contributed by atoms with E-state index in [0.29, 0.717) is 11.3 Å². The van der Waals surface area contributed by atoms with E-state index in [0.717, 1.165) is 19.4 Å². The summed E-state index contributed by atoms with van der Waals surface area (Å²) in [6.45, 7) is 7.33. The zero-order chi connectivity index (χ0) is 10.8. The van der Waals surface area contributed by atoms with E-state index in [-0.39, 0.29) is 6.04 Å². The average molecular weight is 199 g/mol. The largest absolute Gasteiger partial charge is 0.480 e. The van der Waals surface area contributed by atoms with E-state index >= 15 is 0 Å². The van der Waals surface area contributed by atoms with Crippen LogP contribution < -0.4 is 5.32 Å². The summed E-state index contributed by atoms with van der Waals surface area (Å²) in [7, 11) is 0. The van der Waals surface area contributed by atoms with Crippen molar-refractivity contribution >= 4 is 5.97 Å². The number of carboxylic acid groups (broad SMARTS) is 1. The molecule has 0 spiro atoms. The van der Waals surface area contributed by atoms with Crippen molar-refractivity contribution in [1.29, 1.82) is 0 Å². The summed E-state index contributed by atoms with van der Waals surface area (Å²) in [5.74, 6) is -0.0495. The fraction of sp³-hybridized carbons (Fsp3) is 0.909. The summed E-state index contributed by atoms with van der Waals surface area (Å²) in [6.07, 6.45) is 2.86. The second kappa shape index (κ2) is 4.30. The molecule has 1 aliphatic carbocycles. The third kappa shape index (κ3) is 2.98. The molecule has 1 fully saturated rings. The molecule has 0 bridgehead atoms. The molecule has 0 amide bonds. The molecule has 2 atom stereocenters. The minimum Gasteiger partial charge on any atom is -0.480 e. The van der Waals surface area contributed by atoms with Crippen LogP contribution in [0.1, 0.15) is 40.0 Å². The van der Waals surface area contributed by atoms with E-state index in [9.17, 15) is 4.79 Å². The van der Waals surface area contributed by atoms with Gasteiger partial charge in [0.1, 0.15) is 6.04 Å². The number of hydrogen-bond acceptors (Lipinski definition) is 2. The predicted octanol–water partition coefficient (Wildman–Crippen LogP) is 1.88. The number of rotatable bonds is 6. The molecule has 1 saturated carbocycles. The molecule has 0 heterocycles. The van der Waals surface area contributed by atoms with Gasteiger partial charge < -0.3 is 10.4 Å². The average Bonchev–Trinajstić information content (AvgIpc) is 2.67. The van der Waals surface area contributed by atoms with Crippen LogP contribution in [0.3, 0.4) is 0 Å². The molecule has 0 aromatic carbocycles. The van der Waals surface area contributed by atoms with Gasteiger partial charge in [-0.05, 0) is 30.7 Å². The molecule has 14 heavy (non-hydrogen) atoms. The topological polar surface area (TPSA) is 49.3 Å². The number of carboxylic acids is 1. The highest BCUT2D eigenvalue weighted by Gasteiger charge is 2.45. The predicted molar refractivity (Wildman–Crippen MR) is 56.2 cm³/mol. The Labute approximate surface area is 85.9 Å². The van der Waals surface area contributed by atoms with Gasteiger partial charge in [-0.1, -0.05) is 27.2 Å². The van der Waals surface area contributed by atoms with E-state index in [1.54, 1.807) is 0 Å². The first-order chi connectivity index (χ1) is 6.47. The molecule has 1 aliphatic rings. The maximum Gasteiger partial charge on any atom is 0.320 e. The van der Waals surface area contributed by atoms with E-state index < -0.39 is 5.97 Å². The van der Waals surface area contributed by atoms with Crippen molar-refractivity contribution in [1.82, 2.24) is 5.32 Å². The molecule has 3 heteroatoms. The number of aliphatic carboxylic acids is 1. The molecule has 0 aromatic heterocycles. The van der Waals surface area contributed by atoms with Gasteiger partial charge in [-0.2, -0.15) is 0 Å². The maximum absolute atomic E-state index is 10.8. The lowest BCUT2D eigenvalue weighted by atomic mass is 10.1. The fourth-order valence-electron chi connectivity index (χ4n) is 1.81. The number of hydrogen-bond donors (Lipinski definition) is 2. The summed E-state index contributed by atoms with van der Waals surface area (Å²) in [5, 5.41) is 12.0. The van der Waals surface area contributed by atoms with E-state index in [1.807, 2.05) is 6.92 Å². The van der Waals surface area contributed by atoms with Crippen molar-refractivity contribution < 1.29 is 9.90 Å². The molecule has 0 aromatic rings. The smallest absolute Gasteiger partial charge is 0.320 e. The van der Waals surface area contributed by atoms with Gasteiger partial charge in [-0.15, -0.1) is 0 Å². The fourth-order valence-corrected chi connectivity index (χ4v) is 1.81. The molecular weight excluding hydrogens is 178 g/mol. The quantitative estimate of drug-likeness (QED) is 0.686. The highest BCUT2D eigenvalue weighted by atomic mass is 16.4. The summed E-state index contributed by atoms with van der Waals surface area (Å²) < 4.78 is 0. The molecule has 0 saturated heterocycles. The normalized spacial score (nSPS) is 25.8. The first kappa shape index (κ1) is 11.5. The summed E-state index contributed by atoms with van der Waals surface area (Å²) in [4.78, 5) is 10.8. The zero-order valence-corrected chi connectivity index (χ0v) is 9.34. The van der Waals surface area contributed by atoms with E-state index in [4.69, 9.17) is 5.11 Å². The Bertz CT molecular complexity index is 213. The number of carbonyl (C=O) groups is 1. The Hall–Kier alpha value is -0.570. The molecule has 3 nitrogen and oxygen atoms in total. The third-order valence-corrected chi connectivity index (χ3v) is 3.20. The standard InChI is InChI=1S/C11H21NO2/c1-4-5-9(10(13)14)12-7-8-6-11(8,2)3/h8-9,12H,4-7H2,1-3H3,(H,13,14). The first-order valence-electron chi connectivity index (χ1n) is 5.43. The van der Waals surface area contributed by atoms with Gasteiger partial charge in [-0.25, -0.2) is 0 Å². The van der Waals surface area contributed by atoms with E-state index in [1.165, 1.54) is 6.42 Å². The van der Waals surface area contributed by atoms with Gasteiger partial charge in [0.15, 0.2) is 0 Å². The van der Waals surface area contributed by atoms with Crippen molar-refractivity contribution in [2.75, 3.05) is 6.54 Å². The van der Waals surface area contributed by atoms with Crippen molar-refractivity contribution in [2.24, 2.45) is 11.3 Å². The lowest BCUT2D eigenvalue weighted by molar-refractivity contribution is -0.139. The van der Waals surface area contributed by atoms with Crippen LogP contribution in [0.5, 0.6) is 0 Å². The third-order valence-electron chi connectivity index (χ3n) is 3.20. The van der Waals surface area contributed by atoms with Crippen molar-refractivity contribution in [3.8, 4) is 0 Å². The highest BCUT2D eigenvalue weighted by Crippen LogP contribution is 2.51.